The Morgan fingerprint density at radius 2 is 1.58 bits per heavy atom. The Kier molecular flexibility index (Phi) is 4.61. The summed E-state index contributed by atoms with van der Waals surface area (Å²) in [4.78, 5) is 7.87. The predicted octanol–water partition coefficient (Wildman–Crippen LogP) is 4.70. The lowest BCUT2D eigenvalue weighted by Gasteiger charge is -2.14. The van der Waals surface area contributed by atoms with Crippen LogP contribution in [0.3, 0.4) is 0 Å². The minimum Gasteiger partial charge on any atom is -0.393 e. The Balaban J connectivity index is 1.87. The zero-order valence-corrected chi connectivity index (χ0v) is 13.2. The molecule has 9 heteroatoms. The van der Waals surface area contributed by atoms with Gasteiger partial charge in [0.2, 0.25) is 0 Å². The lowest BCUT2D eigenvalue weighted by atomic mass is 10.2. The van der Waals surface area contributed by atoms with Crippen LogP contribution in [0.15, 0.2) is 54.9 Å². The number of rotatable bonds is 4. The first-order valence-corrected chi connectivity index (χ1v) is 7.41. The normalized spacial score (nSPS) is 11.2. The molecule has 0 amide bonds. The van der Waals surface area contributed by atoms with Crippen molar-refractivity contribution in [1.82, 2.24) is 9.97 Å². The standard InChI is InChI=1S/C17H13F4N5/c18-12-6-1-2-7-13(12)26-16-14(22)15(23-9-24-16)25-11-5-3-4-10(8-11)17(19,20)21/h1-9H,22H2,(H2,23,24,25,26). The summed E-state index contributed by atoms with van der Waals surface area (Å²) in [7, 11) is 0. The van der Waals surface area contributed by atoms with Gasteiger partial charge in [-0.15, -0.1) is 0 Å². The summed E-state index contributed by atoms with van der Waals surface area (Å²) in [6.45, 7) is 0. The molecule has 0 fully saturated rings. The van der Waals surface area contributed by atoms with E-state index >= 15 is 0 Å². The molecule has 0 unspecified atom stereocenters. The molecule has 3 aromatic rings. The first kappa shape index (κ1) is 17.5. The van der Waals surface area contributed by atoms with Crippen LogP contribution in [0.1, 0.15) is 5.56 Å². The van der Waals surface area contributed by atoms with Crippen molar-refractivity contribution in [2.75, 3.05) is 16.4 Å². The molecular formula is C17H13F4N5. The van der Waals surface area contributed by atoms with Crippen molar-refractivity contribution in [3.05, 3.63) is 66.2 Å². The molecule has 0 aliphatic heterocycles. The average molecular weight is 363 g/mol. The third-order valence-corrected chi connectivity index (χ3v) is 3.46. The lowest BCUT2D eigenvalue weighted by Crippen LogP contribution is -2.07. The monoisotopic (exact) mass is 363 g/mol. The molecule has 0 bridgehead atoms. The first-order chi connectivity index (χ1) is 12.3. The maximum atomic E-state index is 13.7. The molecule has 0 atom stereocenters. The molecule has 0 aliphatic carbocycles. The van der Waals surface area contributed by atoms with E-state index in [0.29, 0.717) is 0 Å². The van der Waals surface area contributed by atoms with Crippen LogP contribution in [-0.4, -0.2) is 9.97 Å². The Morgan fingerprint density at radius 3 is 2.27 bits per heavy atom. The van der Waals surface area contributed by atoms with Crippen molar-refractivity contribution in [3.63, 3.8) is 0 Å². The SMILES string of the molecule is Nc1c(Nc2cccc(C(F)(F)F)c2)ncnc1Nc1ccccc1F. The van der Waals surface area contributed by atoms with Gasteiger partial charge in [-0.3, -0.25) is 0 Å². The fraction of sp³-hybridized carbons (Fsp3) is 0.0588. The van der Waals surface area contributed by atoms with Gasteiger partial charge >= 0.3 is 6.18 Å². The number of hydrogen-bond donors (Lipinski definition) is 3. The van der Waals surface area contributed by atoms with Crippen molar-refractivity contribution >= 4 is 28.7 Å². The van der Waals surface area contributed by atoms with E-state index in [-0.39, 0.29) is 28.7 Å². The highest BCUT2D eigenvalue weighted by atomic mass is 19.4. The maximum Gasteiger partial charge on any atom is 0.416 e. The average Bonchev–Trinajstić information content (AvgIpc) is 2.60. The van der Waals surface area contributed by atoms with Gasteiger partial charge in [0.15, 0.2) is 11.6 Å². The molecular weight excluding hydrogens is 350 g/mol. The number of nitrogen functional groups attached to an aromatic ring is 1. The zero-order valence-electron chi connectivity index (χ0n) is 13.2. The number of nitrogens with zero attached hydrogens (tertiary/aromatic N) is 2. The molecule has 3 rings (SSSR count). The summed E-state index contributed by atoms with van der Waals surface area (Å²) in [5, 5.41) is 5.45. The minimum atomic E-state index is -4.47. The molecule has 4 N–H and O–H groups in total. The van der Waals surface area contributed by atoms with E-state index in [1.54, 1.807) is 6.07 Å². The molecule has 2 aromatic carbocycles. The van der Waals surface area contributed by atoms with Gasteiger partial charge in [-0.05, 0) is 30.3 Å². The second-order valence-electron chi connectivity index (χ2n) is 5.29. The molecule has 1 aromatic heterocycles. The smallest absolute Gasteiger partial charge is 0.393 e. The molecule has 0 saturated heterocycles. The van der Waals surface area contributed by atoms with Crippen LogP contribution in [0.5, 0.6) is 0 Å². The molecule has 26 heavy (non-hydrogen) atoms. The van der Waals surface area contributed by atoms with Gasteiger partial charge in [0, 0.05) is 5.69 Å². The van der Waals surface area contributed by atoms with Gasteiger partial charge < -0.3 is 16.4 Å². The predicted molar refractivity (Wildman–Crippen MR) is 90.9 cm³/mol. The van der Waals surface area contributed by atoms with Crippen molar-refractivity contribution in [1.29, 1.82) is 0 Å². The summed E-state index contributed by atoms with van der Waals surface area (Å²) in [5.74, 6) is -0.282. The number of para-hydroxylation sites is 1. The molecule has 5 nitrogen and oxygen atoms in total. The van der Waals surface area contributed by atoms with Crippen LogP contribution >= 0.6 is 0 Å². The van der Waals surface area contributed by atoms with Crippen LogP contribution in [-0.2, 0) is 6.18 Å². The molecule has 134 valence electrons. The lowest BCUT2D eigenvalue weighted by molar-refractivity contribution is -0.137. The summed E-state index contributed by atoms with van der Waals surface area (Å²) in [6, 6.07) is 10.5. The Labute approximate surface area is 145 Å². The summed E-state index contributed by atoms with van der Waals surface area (Å²) in [6.07, 6.45) is -3.30. The number of benzene rings is 2. The topological polar surface area (TPSA) is 75.9 Å². The van der Waals surface area contributed by atoms with Crippen molar-refractivity contribution < 1.29 is 17.6 Å². The van der Waals surface area contributed by atoms with E-state index in [2.05, 4.69) is 20.6 Å². The highest BCUT2D eigenvalue weighted by Crippen LogP contribution is 2.33. The third-order valence-electron chi connectivity index (χ3n) is 3.46. The largest absolute Gasteiger partial charge is 0.416 e. The third kappa shape index (κ3) is 3.82. The van der Waals surface area contributed by atoms with Crippen molar-refractivity contribution in [3.8, 4) is 0 Å². The van der Waals surface area contributed by atoms with E-state index in [4.69, 9.17) is 5.73 Å². The second kappa shape index (κ2) is 6.87. The number of alkyl halides is 3. The van der Waals surface area contributed by atoms with Crippen molar-refractivity contribution in [2.24, 2.45) is 0 Å². The van der Waals surface area contributed by atoms with Gasteiger partial charge in [-0.25, -0.2) is 14.4 Å². The second-order valence-corrected chi connectivity index (χ2v) is 5.29. The Hall–Kier alpha value is -3.36. The van der Waals surface area contributed by atoms with Gasteiger partial charge in [-0.2, -0.15) is 13.2 Å². The maximum absolute atomic E-state index is 13.7. The van der Waals surface area contributed by atoms with Gasteiger partial charge in [0.1, 0.15) is 17.8 Å². The summed E-state index contributed by atoms with van der Waals surface area (Å²) in [5.41, 5.74) is 5.50. The van der Waals surface area contributed by atoms with Crippen LogP contribution < -0.4 is 16.4 Å². The van der Waals surface area contributed by atoms with Crippen molar-refractivity contribution in [2.45, 2.75) is 6.18 Å². The van der Waals surface area contributed by atoms with Crippen LogP contribution in [0, 0.1) is 5.82 Å². The Bertz CT molecular complexity index is 927. The van der Waals surface area contributed by atoms with Gasteiger partial charge in [0.25, 0.3) is 0 Å². The highest BCUT2D eigenvalue weighted by Gasteiger charge is 2.30. The van der Waals surface area contributed by atoms with Crippen LogP contribution in [0.25, 0.3) is 0 Å². The number of anilines is 5. The highest BCUT2D eigenvalue weighted by molar-refractivity contribution is 5.80. The number of hydrogen-bond acceptors (Lipinski definition) is 5. The number of aromatic nitrogens is 2. The van der Waals surface area contributed by atoms with E-state index in [0.717, 1.165) is 18.5 Å². The van der Waals surface area contributed by atoms with Gasteiger partial charge in [-0.1, -0.05) is 18.2 Å². The molecule has 0 aliphatic rings. The Morgan fingerprint density at radius 1 is 0.885 bits per heavy atom. The molecule has 1 heterocycles. The van der Waals surface area contributed by atoms with Crippen LogP contribution in [0.4, 0.5) is 46.3 Å². The van der Waals surface area contributed by atoms with E-state index < -0.39 is 17.6 Å². The van der Waals surface area contributed by atoms with Crippen LogP contribution in [0.2, 0.25) is 0 Å². The molecule has 0 radical (unpaired) electrons. The molecule has 0 spiro atoms. The molecule has 0 saturated carbocycles. The summed E-state index contributed by atoms with van der Waals surface area (Å²) < 4.78 is 52.2. The minimum absolute atomic E-state index is 0.0353. The quantitative estimate of drug-likeness (QED) is 0.586. The zero-order chi connectivity index (χ0) is 18.7. The number of halogens is 4. The van der Waals surface area contributed by atoms with E-state index in [9.17, 15) is 17.6 Å². The van der Waals surface area contributed by atoms with E-state index in [1.807, 2.05) is 0 Å². The number of nitrogens with one attached hydrogen (secondary N) is 2. The fourth-order valence-electron chi connectivity index (χ4n) is 2.19. The fourth-order valence-corrected chi connectivity index (χ4v) is 2.19. The van der Waals surface area contributed by atoms with E-state index in [1.165, 1.54) is 30.3 Å². The first-order valence-electron chi connectivity index (χ1n) is 7.41. The summed E-state index contributed by atoms with van der Waals surface area (Å²) >= 11 is 0. The van der Waals surface area contributed by atoms with Gasteiger partial charge in [0.05, 0.1) is 11.3 Å². The number of nitrogens with two attached hydrogens (primary N) is 1.